The zero-order valence-electron chi connectivity index (χ0n) is 8.95. The first-order valence-electron chi connectivity index (χ1n) is 5.97. The molecule has 2 aliphatic rings. The highest BCUT2D eigenvalue weighted by Crippen LogP contribution is 2.37. The van der Waals surface area contributed by atoms with Gasteiger partial charge in [-0.1, -0.05) is 30.3 Å². The lowest BCUT2D eigenvalue weighted by Gasteiger charge is -2.30. The minimum Gasteiger partial charge on any atom is -0.257 e. The van der Waals surface area contributed by atoms with Crippen molar-refractivity contribution in [3.05, 3.63) is 35.9 Å². The Hall–Kier alpha value is -0.860. The van der Waals surface area contributed by atoms with E-state index < -0.39 is 0 Å². The molecule has 3 unspecified atom stereocenters. The Morgan fingerprint density at radius 3 is 2.80 bits per heavy atom. The van der Waals surface area contributed by atoms with Crippen molar-refractivity contribution in [2.75, 3.05) is 6.54 Å². The number of hydrogen-bond acceptors (Lipinski definition) is 2. The summed E-state index contributed by atoms with van der Waals surface area (Å²) in [6.45, 7) is 1.15. The summed E-state index contributed by atoms with van der Waals surface area (Å²) >= 11 is 0. The Morgan fingerprint density at radius 1 is 1.07 bits per heavy atom. The van der Waals surface area contributed by atoms with Crippen LogP contribution in [0, 0.1) is 5.92 Å². The predicted molar refractivity (Wildman–Crippen MR) is 61.5 cm³/mol. The maximum Gasteiger partial charge on any atom is 0.0254 e. The molecule has 1 aliphatic heterocycles. The summed E-state index contributed by atoms with van der Waals surface area (Å²) in [5.41, 5.74) is 8.20. The minimum absolute atomic E-state index is 0.727. The molecular weight excluding hydrogens is 184 g/mol. The molecule has 3 rings (SSSR count). The Morgan fingerprint density at radius 2 is 1.93 bits per heavy atom. The average molecular weight is 202 g/mol. The van der Waals surface area contributed by atoms with Crippen molar-refractivity contribution >= 4 is 0 Å². The van der Waals surface area contributed by atoms with Crippen LogP contribution in [0.15, 0.2) is 30.3 Å². The number of nitrogens with one attached hydrogen (secondary N) is 2. The highest BCUT2D eigenvalue weighted by atomic mass is 15.4. The molecule has 1 aromatic rings. The van der Waals surface area contributed by atoms with Crippen LogP contribution in [0.5, 0.6) is 0 Å². The Balaban J connectivity index is 1.74. The van der Waals surface area contributed by atoms with Crippen LogP contribution in [0.2, 0.25) is 0 Å². The van der Waals surface area contributed by atoms with Gasteiger partial charge in [-0.25, -0.2) is 0 Å². The lowest BCUT2D eigenvalue weighted by Crippen LogP contribution is -2.34. The number of fused-ring (bicyclic) bond motifs is 1. The predicted octanol–water partition coefficient (Wildman–Crippen LogP) is 2.05. The van der Waals surface area contributed by atoms with Gasteiger partial charge in [0, 0.05) is 12.6 Å². The molecular formula is C13H18N2. The van der Waals surface area contributed by atoms with E-state index in [0.717, 1.165) is 24.4 Å². The van der Waals surface area contributed by atoms with Crippen LogP contribution in [0.4, 0.5) is 0 Å². The Bertz CT molecular complexity index is 323. The van der Waals surface area contributed by atoms with Gasteiger partial charge in [-0.05, 0) is 36.7 Å². The van der Waals surface area contributed by atoms with Crippen molar-refractivity contribution in [3.8, 4) is 0 Å². The summed E-state index contributed by atoms with van der Waals surface area (Å²) in [5.74, 6) is 1.62. The van der Waals surface area contributed by atoms with Crippen molar-refractivity contribution in [3.63, 3.8) is 0 Å². The van der Waals surface area contributed by atoms with Crippen molar-refractivity contribution in [1.29, 1.82) is 0 Å². The molecule has 2 N–H and O–H groups in total. The minimum atomic E-state index is 0.727. The molecule has 0 amide bonds. The van der Waals surface area contributed by atoms with Gasteiger partial charge in [0.25, 0.3) is 0 Å². The molecule has 0 aromatic heterocycles. The van der Waals surface area contributed by atoms with Crippen LogP contribution < -0.4 is 10.9 Å². The first-order valence-corrected chi connectivity index (χ1v) is 5.97. The highest BCUT2D eigenvalue weighted by molar-refractivity contribution is 5.20. The van der Waals surface area contributed by atoms with Crippen LogP contribution in [0.25, 0.3) is 0 Å². The zero-order chi connectivity index (χ0) is 10.1. The van der Waals surface area contributed by atoms with E-state index in [1.54, 1.807) is 0 Å². The molecule has 3 atom stereocenters. The van der Waals surface area contributed by atoms with Gasteiger partial charge in [0.15, 0.2) is 0 Å². The fourth-order valence-corrected chi connectivity index (χ4v) is 3.03. The monoisotopic (exact) mass is 202 g/mol. The maximum atomic E-state index is 3.38. The summed E-state index contributed by atoms with van der Waals surface area (Å²) in [4.78, 5) is 0. The number of hydrogen-bond donors (Lipinski definition) is 2. The fraction of sp³-hybridized carbons (Fsp3) is 0.538. The Kier molecular flexibility index (Phi) is 2.47. The molecule has 1 heterocycles. The van der Waals surface area contributed by atoms with Gasteiger partial charge >= 0.3 is 0 Å². The van der Waals surface area contributed by atoms with Crippen molar-refractivity contribution in [2.24, 2.45) is 5.92 Å². The summed E-state index contributed by atoms with van der Waals surface area (Å²) in [7, 11) is 0. The smallest absolute Gasteiger partial charge is 0.0254 e. The van der Waals surface area contributed by atoms with Crippen LogP contribution in [-0.4, -0.2) is 12.6 Å². The maximum absolute atomic E-state index is 3.38. The van der Waals surface area contributed by atoms with E-state index in [1.165, 1.54) is 24.8 Å². The fourth-order valence-electron chi connectivity index (χ4n) is 3.03. The van der Waals surface area contributed by atoms with Crippen LogP contribution in [0.1, 0.15) is 30.7 Å². The van der Waals surface area contributed by atoms with E-state index in [1.807, 2.05) is 0 Å². The number of benzene rings is 1. The van der Waals surface area contributed by atoms with Gasteiger partial charge in [0.1, 0.15) is 0 Å². The molecule has 1 aromatic carbocycles. The van der Waals surface area contributed by atoms with Crippen molar-refractivity contribution < 1.29 is 0 Å². The number of hydrazine groups is 1. The van der Waals surface area contributed by atoms with Gasteiger partial charge < -0.3 is 0 Å². The molecule has 80 valence electrons. The highest BCUT2D eigenvalue weighted by Gasteiger charge is 2.33. The topological polar surface area (TPSA) is 24.1 Å². The normalized spacial score (nSPS) is 35.1. The van der Waals surface area contributed by atoms with Gasteiger partial charge in [-0.15, -0.1) is 0 Å². The largest absolute Gasteiger partial charge is 0.257 e. The molecule has 1 saturated carbocycles. The molecule has 1 saturated heterocycles. The second kappa shape index (κ2) is 3.95. The molecule has 1 aliphatic carbocycles. The summed E-state index contributed by atoms with van der Waals surface area (Å²) in [5, 5.41) is 0. The van der Waals surface area contributed by atoms with E-state index in [0.29, 0.717) is 0 Å². The van der Waals surface area contributed by atoms with E-state index in [4.69, 9.17) is 0 Å². The van der Waals surface area contributed by atoms with Crippen LogP contribution in [-0.2, 0) is 0 Å². The molecule has 15 heavy (non-hydrogen) atoms. The number of rotatable bonds is 1. The second-order valence-corrected chi connectivity index (χ2v) is 4.81. The van der Waals surface area contributed by atoms with E-state index in [-0.39, 0.29) is 0 Å². The van der Waals surface area contributed by atoms with Gasteiger partial charge in [-0.3, -0.25) is 10.9 Å². The summed E-state index contributed by atoms with van der Waals surface area (Å²) in [6, 6.07) is 11.7. The second-order valence-electron chi connectivity index (χ2n) is 4.81. The first-order chi connectivity index (χ1) is 7.43. The molecule has 0 bridgehead atoms. The summed E-state index contributed by atoms with van der Waals surface area (Å²) in [6.07, 6.45) is 3.99. The molecule has 0 radical (unpaired) electrons. The van der Waals surface area contributed by atoms with Gasteiger partial charge in [0.05, 0.1) is 0 Å². The van der Waals surface area contributed by atoms with Gasteiger partial charge in [0.2, 0.25) is 0 Å². The van der Waals surface area contributed by atoms with Crippen LogP contribution >= 0.6 is 0 Å². The van der Waals surface area contributed by atoms with Gasteiger partial charge in [-0.2, -0.15) is 0 Å². The third kappa shape index (κ3) is 1.80. The SMILES string of the molecule is c1ccc(C2CCC3NNCC3C2)cc1. The molecule has 2 heteroatoms. The molecule has 2 fully saturated rings. The third-order valence-electron chi connectivity index (χ3n) is 3.91. The van der Waals surface area contributed by atoms with E-state index in [9.17, 15) is 0 Å². The third-order valence-corrected chi connectivity index (χ3v) is 3.91. The quantitative estimate of drug-likeness (QED) is 0.728. The summed E-state index contributed by atoms with van der Waals surface area (Å²) < 4.78 is 0. The lowest BCUT2D eigenvalue weighted by molar-refractivity contribution is 0.302. The standard InChI is InChI=1S/C13H18N2/c1-2-4-10(5-3-1)11-6-7-13-12(8-11)9-14-15-13/h1-5,11-15H,6-9H2. The first kappa shape index (κ1) is 9.37. The average Bonchev–Trinajstić information content (AvgIpc) is 2.77. The van der Waals surface area contributed by atoms with E-state index >= 15 is 0 Å². The van der Waals surface area contributed by atoms with Crippen molar-refractivity contribution in [2.45, 2.75) is 31.2 Å². The van der Waals surface area contributed by atoms with E-state index in [2.05, 4.69) is 41.2 Å². The van der Waals surface area contributed by atoms with Crippen LogP contribution in [0.3, 0.4) is 0 Å². The lowest BCUT2D eigenvalue weighted by atomic mass is 9.76. The molecule has 2 nitrogen and oxygen atoms in total. The zero-order valence-corrected chi connectivity index (χ0v) is 8.95. The Labute approximate surface area is 91.0 Å². The molecule has 0 spiro atoms. The van der Waals surface area contributed by atoms with Crippen molar-refractivity contribution in [1.82, 2.24) is 10.9 Å².